The van der Waals surface area contributed by atoms with E-state index < -0.39 is 5.91 Å². The van der Waals surface area contributed by atoms with E-state index >= 15 is 0 Å². The van der Waals surface area contributed by atoms with Crippen LogP contribution < -0.4 is 5.32 Å². The number of carbonyl (C=O) groups is 1. The van der Waals surface area contributed by atoms with Crippen LogP contribution in [0.25, 0.3) is 6.08 Å². The molecule has 1 aromatic heterocycles. The highest BCUT2D eigenvalue weighted by Gasteiger charge is 2.14. The molecule has 1 amide bonds. The summed E-state index contributed by atoms with van der Waals surface area (Å²) in [5, 5.41) is 12.2. The molecule has 4 nitrogen and oxygen atoms in total. The second-order valence-electron chi connectivity index (χ2n) is 5.23. The molecular formula is C19H20N2O2. The van der Waals surface area contributed by atoms with Crippen molar-refractivity contribution in [2.24, 2.45) is 0 Å². The Kier molecular flexibility index (Phi) is 5.37. The number of para-hydroxylation sites is 1. The SMILES string of the molecule is CCc1cccc(CC)c1NC(=O)/C(C#N)=C/c1ccc(C)o1. The third-order valence-corrected chi connectivity index (χ3v) is 3.65. The first-order valence-electron chi connectivity index (χ1n) is 7.69. The second-order valence-corrected chi connectivity index (χ2v) is 5.23. The van der Waals surface area contributed by atoms with Gasteiger partial charge in [0.15, 0.2) is 0 Å². The number of aryl methyl sites for hydroxylation is 3. The van der Waals surface area contributed by atoms with Crippen molar-refractivity contribution in [3.8, 4) is 6.07 Å². The monoisotopic (exact) mass is 308 g/mol. The molecule has 0 fully saturated rings. The Labute approximate surface area is 136 Å². The molecule has 118 valence electrons. The molecule has 1 aromatic carbocycles. The molecule has 0 atom stereocenters. The van der Waals surface area contributed by atoms with E-state index in [9.17, 15) is 10.1 Å². The molecule has 23 heavy (non-hydrogen) atoms. The number of hydrogen-bond donors (Lipinski definition) is 1. The molecule has 4 heteroatoms. The quantitative estimate of drug-likeness (QED) is 0.663. The maximum absolute atomic E-state index is 12.4. The minimum absolute atomic E-state index is 0.0207. The van der Waals surface area contributed by atoms with Crippen LogP contribution in [0.15, 0.2) is 40.3 Å². The van der Waals surface area contributed by atoms with E-state index in [2.05, 4.69) is 5.32 Å². The van der Waals surface area contributed by atoms with Gasteiger partial charge in [-0.15, -0.1) is 0 Å². The zero-order chi connectivity index (χ0) is 16.8. The average molecular weight is 308 g/mol. The smallest absolute Gasteiger partial charge is 0.266 e. The molecule has 2 aromatic rings. The summed E-state index contributed by atoms with van der Waals surface area (Å²) < 4.78 is 5.40. The number of carbonyl (C=O) groups excluding carboxylic acids is 1. The first-order valence-corrected chi connectivity index (χ1v) is 7.69. The minimum Gasteiger partial charge on any atom is -0.462 e. The molecule has 0 aliphatic heterocycles. The van der Waals surface area contributed by atoms with Gasteiger partial charge in [-0.2, -0.15) is 5.26 Å². The molecule has 2 rings (SSSR count). The number of furan rings is 1. The lowest BCUT2D eigenvalue weighted by Gasteiger charge is -2.14. The highest BCUT2D eigenvalue weighted by Crippen LogP contribution is 2.23. The fourth-order valence-electron chi connectivity index (χ4n) is 2.41. The Morgan fingerprint density at radius 1 is 1.22 bits per heavy atom. The summed E-state index contributed by atoms with van der Waals surface area (Å²) in [6.07, 6.45) is 3.08. The number of hydrogen-bond acceptors (Lipinski definition) is 3. The van der Waals surface area contributed by atoms with Gasteiger partial charge in [0.05, 0.1) is 0 Å². The zero-order valence-corrected chi connectivity index (χ0v) is 13.6. The van der Waals surface area contributed by atoms with Crippen LogP contribution in [-0.2, 0) is 17.6 Å². The maximum Gasteiger partial charge on any atom is 0.266 e. The molecule has 0 saturated heterocycles. The molecular weight excluding hydrogens is 288 g/mol. The Bertz CT molecular complexity index is 757. The van der Waals surface area contributed by atoms with E-state index in [0.717, 1.165) is 35.4 Å². The van der Waals surface area contributed by atoms with Gasteiger partial charge < -0.3 is 9.73 Å². The van der Waals surface area contributed by atoms with Crippen LogP contribution >= 0.6 is 0 Å². The van der Waals surface area contributed by atoms with E-state index in [4.69, 9.17) is 4.42 Å². The fourth-order valence-corrected chi connectivity index (χ4v) is 2.41. The van der Waals surface area contributed by atoms with Crippen molar-refractivity contribution in [1.82, 2.24) is 0 Å². The van der Waals surface area contributed by atoms with Crippen molar-refractivity contribution in [3.05, 3.63) is 58.6 Å². The van der Waals surface area contributed by atoms with Gasteiger partial charge in [0.1, 0.15) is 23.2 Å². The number of anilines is 1. The standard InChI is InChI=1S/C19H20N2O2/c1-4-14-7-6-8-15(5-2)18(14)21-19(22)16(12-20)11-17-10-9-13(3)23-17/h6-11H,4-5H2,1-3H3,(H,21,22)/b16-11+. The van der Waals surface area contributed by atoms with Crippen LogP contribution in [0.4, 0.5) is 5.69 Å². The van der Waals surface area contributed by atoms with Crippen molar-refractivity contribution < 1.29 is 9.21 Å². The molecule has 0 aliphatic rings. The first-order chi connectivity index (χ1) is 11.1. The lowest BCUT2D eigenvalue weighted by Crippen LogP contribution is -2.16. The van der Waals surface area contributed by atoms with E-state index in [1.165, 1.54) is 6.08 Å². The summed E-state index contributed by atoms with van der Waals surface area (Å²) >= 11 is 0. The number of nitrogens with zero attached hydrogens (tertiary/aromatic N) is 1. The van der Waals surface area contributed by atoms with Crippen LogP contribution in [0.2, 0.25) is 0 Å². The molecule has 0 bridgehead atoms. The predicted molar refractivity (Wildman–Crippen MR) is 90.9 cm³/mol. The summed E-state index contributed by atoms with van der Waals surface area (Å²) in [7, 11) is 0. The van der Waals surface area contributed by atoms with E-state index in [0.29, 0.717) is 5.76 Å². The zero-order valence-electron chi connectivity index (χ0n) is 13.6. The third kappa shape index (κ3) is 3.89. The largest absolute Gasteiger partial charge is 0.462 e. The number of nitrogens with one attached hydrogen (secondary N) is 1. The molecule has 1 heterocycles. The van der Waals surface area contributed by atoms with Gasteiger partial charge in [0.25, 0.3) is 5.91 Å². The van der Waals surface area contributed by atoms with Crippen LogP contribution in [0.3, 0.4) is 0 Å². The molecule has 0 unspecified atom stereocenters. The van der Waals surface area contributed by atoms with Gasteiger partial charge in [-0.05, 0) is 43.0 Å². The molecule has 0 saturated carbocycles. The minimum atomic E-state index is -0.419. The van der Waals surface area contributed by atoms with Crippen LogP contribution in [0.1, 0.15) is 36.5 Å². The normalized spacial score (nSPS) is 11.1. The number of nitriles is 1. The predicted octanol–water partition coefficient (Wildman–Crippen LogP) is 4.26. The summed E-state index contributed by atoms with van der Waals surface area (Å²) in [6.45, 7) is 5.89. The van der Waals surface area contributed by atoms with Crippen LogP contribution in [0.5, 0.6) is 0 Å². The van der Waals surface area contributed by atoms with E-state index in [1.807, 2.05) is 45.0 Å². The van der Waals surface area contributed by atoms with Crippen LogP contribution in [-0.4, -0.2) is 5.91 Å². The van der Waals surface area contributed by atoms with Gasteiger partial charge in [-0.25, -0.2) is 0 Å². The second kappa shape index (κ2) is 7.46. The lowest BCUT2D eigenvalue weighted by atomic mass is 10.0. The third-order valence-electron chi connectivity index (χ3n) is 3.65. The Morgan fingerprint density at radius 3 is 2.35 bits per heavy atom. The number of benzene rings is 1. The molecule has 0 aliphatic carbocycles. The summed E-state index contributed by atoms with van der Waals surface area (Å²) in [6, 6.07) is 11.4. The first kappa shape index (κ1) is 16.6. The van der Waals surface area contributed by atoms with Gasteiger partial charge in [-0.1, -0.05) is 32.0 Å². The topological polar surface area (TPSA) is 66.0 Å². The Balaban J connectivity index is 2.31. The number of amides is 1. The van der Waals surface area contributed by atoms with Crippen molar-refractivity contribution in [2.45, 2.75) is 33.6 Å². The Morgan fingerprint density at radius 2 is 1.87 bits per heavy atom. The molecule has 1 N–H and O–H groups in total. The van der Waals surface area contributed by atoms with Crippen molar-refractivity contribution in [2.75, 3.05) is 5.32 Å². The fraction of sp³-hybridized carbons (Fsp3) is 0.263. The van der Waals surface area contributed by atoms with Gasteiger partial charge in [0, 0.05) is 11.8 Å². The highest BCUT2D eigenvalue weighted by atomic mass is 16.3. The maximum atomic E-state index is 12.4. The van der Waals surface area contributed by atoms with E-state index in [-0.39, 0.29) is 5.57 Å². The van der Waals surface area contributed by atoms with Gasteiger partial charge >= 0.3 is 0 Å². The number of rotatable bonds is 5. The average Bonchev–Trinajstić information content (AvgIpc) is 2.97. The molecule has 0 radical (unpaired) electrons. The Hall–Kier alpha value is -2.80. The summed E-state index contributed by atoms with van der Waals surface area (Å²) in [4.78, 5) is 12.4. The molecule has 0 spiro atoms. The summed E-state index contributed by atoms with van der Waals surface area (Å²) in [5.41, 5.74) is 2.94. The van der Waals surface area contributed by atoms with E-state index in [1.54, 1.807) is 12.1 Å². The van der Waals surface area contributed by atoms with Crippen LogP contribution in [0, 0.1) is 18.3 Å². The highest BCUT2D eigenvalue weighted by molar-refractivity contribution is 6.10. The van der Waals surface area contributed by atoms with Gasteiger partial charge in [0.2, 0.25) is 0 Å². The van der Waals surface area contributed by atoms with Gasteiger partial charge in [-0.3, -0.25) is 4.79 Å². The van der Waals surface area contributed by atoms with Crippen molar-refractivity contribution in [1.29, 1.82) is 5.26 Å². The lowest BCUT2D eigenvalue weighted by molar-refractivity contribution is -0.112. The van der Waals surface area contributed by atoms with Crippen molar-refractivity contribution in [3.63, 3.8) is 0 Å². The summed E-state index contributed by atoms with van der Waals surface area (Å²) in [5.74, 6) is 0.810. The van der Waals surface area contributed by atoms with Crippen molar-refractivity contribution >= 4 is 17.7 Å².